The first-order chi connectivity index (χ1) is 5.63. The minimum absolute atomic E-state index is 0. The van der Waals surface area contributed by atoms with Crippen LogP contribution in [0.5, 0.6) is 0 Å². The topological polar surface area (TPSA) is 26.0 Å². The molecule has 0 saturated heterocycles. The van der Waals surface area contributed by atoms with E-state index in [9.17, 15) is 0 Å². The molecule has 0 bridgehead atoms. The average Bonchev–Trinajstić information content (AvgIpc) is 2.31. The van der Waals surface area contributed by atoms with E-state index in [2.05, 4.69) is 26.8 Å². The number of thiophene rings is 1. The SMILES string of the molecule is CCC(N)Cc1cc(C)c(C)s1.Cl. The van der Waals surface area contributed by atoms with Crippen LogP contribution < -0.4 is 5.73 Å². The number of aryl methyl sites for hydroxylation is 2. The molecule has 3 heteroatoms. The van der Waals surface area contributed by atoms with Gasteiger partial charge in [-0.05, 0) is 38.3 Å². The minimum atomic E-state index is 0. The van der Waals surface area contributed by atoms with Crippen LogP contribution in [0.15, 0.2) is 6.07 Å². The van der Waals surface area contributed by atoms with Crippen LogP contribution in [0.4, 0.5) is 0 Å². The molecule has 0 aliphatic rings. The van der Waals surface area contributed by atoms with Crippen molar-refractivity contribution in [1.29, 1.82) is 0 Å². The van der Waals surface area contributed by atoms with Crippen LogP contribution >= 0.6 is 23.7 Å². The monoisotopic (exact) mass is 219 g/mol. The Morgan fingerprint density at radius 3 is 2.46 bits per heavy atom. The van der Waals surface area contributed by atoms with Crippen molar-refractivity contribution in [3.63, 3.8) is 0 Å². The van der Waals surface area contributed by atoms with Gasteiger partial charge in [0.05, 0.1) is 0 Å². The van der Waals surface area contributed by atoms with Crippen molar-refractivity contribution in [3.8, 4) is 0 Å². The molecule has 1 unspecified atom stereocenters. The van der Waals surface area contributed by atoms with Crippen molar-refractivity contribution in [3.05, 3.63) is 21.4 Å². The zero-order chi connectivity index (χ0) is 9.14. The Balaban J connectivity index is 0.00000144. The van der Waals surface area contributed by atoms with E-state index < -0.39 is 0 Å². The van der Waals surface area contributed by atoms with Crippen LogP contribution in [0, 0.1) is 13.8 Å². The Labute approximate surface area is 90.8 Å². The van der Waals surface area contributed by atoms with Gasteiger partial charge in [-0.3, -0.25) is 0 Å². The van der Waals surface area contributed by atoms with Gasteiger partial charge >= 0.3 is 0 Å². The average molecular weight is 220 g/mol. The molecule has 1 aromatic heterocycles. The molecule has 0 radical (unpaired) electrons. The normalized spacial score (nSPS) is 12.3. The van der Waals surface area contributed by atoms with Gasteiger partial charge in [-0.15, -0.1) is 23.7 Å². The van der Waals surface area contributed by atoms with Gasteiger partial charge in [0.1, 0.15) is 0 Å². The molecule has 1 aromatic rings. The molecule has 2 N–H and O–H groups in total. The van der Waals surface area contributed by atoms with Gasteiger partial charge in [-0.25, -0.2) is 0 Å². The highest BCUT2D eigenvalue weighted by Crippen LogP contribution is 2.21. The molecule has 76 valence electrons. The standard InChI is InChI=1S/C10H17NS.ClH/c1-4-9(11)6-10-5-7(2)8(3)12-10;/h5,9H,4,6,11H2,1-3H3;1H. The van der Waals surface area contributed by atoms with E-state index in [4.69, 9.17) is 5.73 Å². The van der Waals surface area contributed by atoms with Crippen molar-refractivity contribution in [2.45, 2.75) is 39.7 Å². The number of halogens is 1. The summed E-state index contributed by atoms with van der Waals surface area (Å²) >= 11 is 1.88. The molecular formula is C10H18ClNS. The van der Waals surface area contributed by atoms with Crippen molar-refractivity contribution in [1.82, 2.24) is 0 Å². The summed E-state index contributed by atoms with van der Waals surface area (Å²) in [5.74, 6) is 0. The summed E-state index contributed by atoms with van der Waals surface area (Å²) in [7, 11) is 0. The summed E-state index contributed by atoms with van der Waals surface area (Å²) in [6.45, 7) is 6.46. The number of nitrogens with two attached hydrogens (primary N) is 1. The Morgan fingerprint density at radius 2 is 2.08 bits per heavy atom. The zero-order valence-electron chi connectivity index (χ0n) is 8.46. The maximum absolute atomic E-state index is 5.87. The van der Waals surface area contributed by atoms with Crippen molar-refractivity contribution in [2.24, 2.45) is 5.73 Å². The summed E-state index contributed by atoms with van der Waals surface area (Å²) in [6, 6.07) is 2.60. The lowest BCUT2D eigenvalue weighted by Crippen LogP contribution is -2.20. The van der Waals surface area contributed by atoms with E-state index in [1.807, 2.05) is 11.3 Å². The van der Waals surface area contributed by atoms with E-state index in [0.717, 1.165) is 12.8 Å². The fourth-order valence-electron chi connectivity index (χ4n) is 1.15. The fourth-order valence-corrected chi connectivity index (χ4v) is 2.30. The van der Waals surface area contributed by atoms with Crippen LogP contribution in [0.1, 0.15) is 28.7 Å². The summed E-state index contributed by atoms with van der Waals surface area (Å²) in [4.78, 5) is 2.85. The number of rotatable bonds is 3. The first kappa shape index (κ1) is 12.9. The smallest absolute Gasteiger partial charge is 0.00845 e. The predicted molar refractivity (Wildman–Crippen MR) is 63.0 cm³/mol. The van der Waals surface area contributed by atoms with E-state index in [0.29, 0.717) is 6.04 Å². The van der Waals surface area contributed by atoms with Gasteiger partial charge in [-0.1, -0.05) is 6.92 Å². The third kappa shape index (κ3) is 3.67. The van der Waals surface area contributed by atoms with Gasteiger partial charge in [0.25, 0.3) is 0 Å². The first-order valence-electron chi connectivity index (χ1n) is 4.45. The number of hydrogen-bond donors (Lipinski definition) is 1. The Morgan fingerprint density at radius 1 is 1.46 bits per heavy atom. The van der Waals surface area contributed by atoms with Gasteiger partial charge in [0.15, 0.2) is 0 Å². The highest BCUT2D eigenvalue weighted by atomic mass is 35.5. The van der Waals surface area contributed by atoms with E-state index in [1.165, 1.54) is 15.3 Å². The van der Waals surface area contributed by atoms with Crippen LogP contribution in [-0.4, -0.2) is 6.04 Å². The Hall–Kier alpha value is -0.0500. The molecule has 0 amide bonds. The van der Waals surface area contributed by atoms with E-state index in [1.54, 1.807) is 0 Å². The quantitative estimate of drug-likeness (QED) is 0.831. The van der Waals surface area contributed by atoms with Gasteiger partial charge in [0.2, 0.25) is 0 Å². The minimum Gasteiger partial charge on any atom is -0.327 e. The molecule has 0 aromatic carbocycles. The molecule has 1 atom stereocenters. The lowest BCUT2D eigenvalue weighted by atomic mass is 10.1. The second-order valence-electron chi connectivity index (χ2n) is 3.32. The molecule has 1 heterocycles. The van der Waals surface area contributed by atoms with Crippen LogP contribution in [0.25, 0.3) is 0 Å². The summed E-state index contributed by atoms with van der Waals surface area (Å²) < 4.78 is 0. The highest BCUT2D eigenvalue weighted by molar-refractivity contribution is 7.12. The third-order valence-corrected chi connectivity index (χ3v) is 3.38. The summed E-state index contributed by atoms with van der Waals surface area (Å²) in [5, 5.41) is 0. The molecule has 0 fully saturated rings. The Kier molecular flexibility index (Phi) is 5.61. The van der Waals surface area contributed by atoms with Crippen LogP contribution in [-0.2, 0) is 6.42 Å². The molecule has 1 rings (SSSR count). The van der Waals surface area contributed by atoms with Gasteiger partial charge in [0, 0.05) is 15.8 Å². The summed E-state index contributed by atoms with van der Waals surface area (Å²) in [6.07, 6.45) is 2.10. The lowest BCUT2D eigenvalue weighted by Gasteiger charge is -2.04. The third-order valence-electron chi connectivity index (χ3n) is 2.20. The maximum atomic E-state index is 5.87. The molecule has 0 aliphatic heterocycles. The Bertz CT molecular complexity index is 238. The summed E-state index contributed by atoms with van der Waals surface area (Å²) in [5.41, 5.74) is 7.27. The van der Waals surface area contributed by atoms with Crippen LogP contribution in [0.2, 0.25) is 0 Å². The van der Waals surface area contributed by atoms with Gasteiger partial charge < -0.3 is 5.73 Å². The van der Waals surface area contributed by atoms with Crippen molar-refractivity contribution in [2.75, 3.05) is 0 Å². The van der Waals surface area contributed by atoms with Gasteiger partial charge in [-0.2, -0.15) is 0 Å². The van der Waals surface area contributed by atoms with Crippen molar-refractivity contribution < 1.29 is 0 Å². The maximum Gasteiger partial charge on any atom is 0.00845 e. The number of hydrogen-bond acceptors (Lipinski definition) is 2. The predicted octanol–water partition coefficient (Wildman–Crippen LogP) is 3.07. The fraction of sp³-hybridized carbons (Fsp3) is 0.600. The van der Waals surface area contributed by atoms with Crippen molar-refractivity contribution >= 4 is 23.7 Å². The highest BCUT2D eigenvalue weighted by Gasteiger charge is 2.05. The van der Waals surface area contributed by atoms with E-state index >= 15 is 0 Å². The molecule has 0 spiro atoms. The molecular weight excluding hydrogens is 202 g/mol. The largest absolute Gasteiger partial charge is 0.327 e. The molecule has 13 heavy (non-hydrogen) atoms. The lowest BCUT2D eigenvalue weighted by molar-refractivity contribution is 0.652. The first-order valence-corrected chi connectivity index (χ1v) is 5.26. The second-order valence-corrected chi connectivity index (χ2v) is 4.67. The zero-order valence-corrected chi connectivity index (χ0v) is 10.1. The molecule has 1 nitrogen and oxygen atoms in total. The second kappa shape index (κ2) is 5.63. The molecule has 0 aliphatic carbocycles. The van der Waals surface area contributed by atoms with Crippen LogP contribution in [0.3, 0.4) is 0 Å². The van der Waals surface area contributed by atoms with E-state index in [-0.39, 0.29) is 12.4 Å². The molecule has 0 saturated carbocycles.